The van der Waals surface area contributed by atoms with Crippen molar-refractivity contribution in [3.05, 3.63) is 139 Å². The van der Waals surface area contributed by atoms with Crippen molar-refractivity contribution >= 4 is 59.3 Å². The summed E-state index contributed by atoms with van der Waals surface area (Å²) in [6.45, 7) is 0. The summed E-state index contributed by atoms with van der Waals surface area (Å²) >= 11 is 1.91. The number of nitrogens with zero attached hydrogens (tertiary/aromatic N) is 1. The predicted molar refractivity (Wildman–Crippen MR) is 195 cm³/mol. The minimum atomic E-state index is 0.148. The highest BCUT2D eigenvalue weighted by atomic mass is 32.1. The van der Waals surface area contributed by atoms with Crippen molar-refractivity contribution in [3.63, 3.8) is 0 Å². The summed E-state index contributed by atoms with van der Waals surface area (Å²) in [6.07, 6.45) is 7.09. The minimum absolute atomic E-state index is 0.148. The third-order valence-electron chi connectivity index (χ3n) is 12.4. The van der Waals surface area contributed by atoms with Gasteiger partial charge in [-0.3, -0.25) is 0 Å². The van der Waals surface area contributed by atoms with Gasteiger partial charge in [-0.15, -0.1) is 11.3 Å². The molecule has 12 rings (SSSR count). The molecule has 0 amide bonds. The Labute approximate surface area is 274 Å². The maximum absolute atomic E-state index is 2.59. The Balaban J connectivity index is 1.21. The SMILES string of the molecule is c1ccc2c(c1)-c1c(N(c3ccc4c(c3)sc3ccccc34)c3cccc4ccccc34)cccc1C21C2CC3CC(C2)CC1C3. The molecule has 0 radical (unpaired) electrons. The lowest BCUT2D eigenvalue weighted by atomic mass is 9.43. The third-order valence-corrected chi connectivity index (χ3v) is 13.6. The Morgan fingerprint density at radius 3 is 2.04 bits per heavy atom. The fourth-order valence-electron chi connectivity index (χ4n) is 11.0. The van der Waals surface area contributed by atoms with Gasteiger partial charge in [-0.2, -0.15) is 0 Å². The lowest BCUT2D eigenvalue weighted by Crippen LogP contribution is -2.55. The van der Waals surface area contributed by atoms with Gasteiger partial charge in [0.15, 0.2) is 0 Å². The van der Waals surface area contributed by atoms with Gasteiger partial charge in [-0.1, -0.05) is 97.1 Å². The van der Waals surface area contributed by atoms with Crippen molar-refractivity contribution in [2.45, 2.75) is 37.5 Å². The molecule has 5 aliphatic rings. The van der Waals surface area contributed by atoms with E-state index in [4.69, 9.17) is 0 Å². The first kappa shape index (κ1) is 25.8. The highest BCUT2D eigenvalue weighted by Gasteiger charge is 2.61. The molecule has 0 atom stereocenters. The van der Waals surface area contributed by atoms with E-state index in [1.54, 1.807) is 11.1 Å². The molecule has 2 heteroatoms. The third kappa shape index (κ3) is 3.31. The van der Waals surface area contributed by atoms with Gasteiger partial charge in [-0.05, 0) is 108 Å². The second-order valence-corrected chi connectivity index (χ2v) is 15.6. The molecule has 1 spiro atoms. The zero-order valence-corrected chi connectivity index (χ0v) is 26.6. The van der Waals surface area contributed by atoms with Crippen molar-refractivity contribution in [2.75, 3.05) is 4.90 Å². The first-order valence-electron chi connectivity index (χ1n) is 17.2. The van der Waals surface area contributed by atoms with Crippen LogP contribution in [0.15, 0.2) is 127 Å². The van der Waals surface area contributed by atoms with Crippen molar-refractivity contribution < 1.29 is 0 Å². The molecule has 4 saturated carbocycles. The molecule has 1 nitrogen and oxygen atoms in total. The molecule has 6 aromatic carbocycles. The molecule has 46 heavy (non-hydrogen) atoms. The molecule has 0 unspecified atom stereocenters. The molecule has 4 bridgehead atoms. The van der Waals surface area contributed by atoms with Gasteiger partial charge in [0, 0.05) is 42.2 Å². The van der Waals surface area contributed by atoms with Crippen LogP contribution in [0.1, 0.15) is 43.2 Å². The zero-order valence-electron chi connectivity index (χ0n) is 25.8. The standard InChI is InChI=1S/C44H35NS/c1-2-11-33-29(9-1)10-7-16-39(33)45(32-19-20-35-34-12-4-6-18-41(34)46-42(35)26-32)40-17-8-15-38-43(40)36-13-3-5-14-37(36)44(38)30-22-27-21-28(24-30)25-31(44)23-27/h1-20,26-28,30-31H,21-25H2. The van der Waals surface area contributed by atoms with Gasteiger partial charge >= 0.3 is 0 Å². The Kier molecular flexibility index (Phi) is 5.22. The summed E-state index contributed by atoms with van der Waals surface area (Å²) in [6, 6.07) is 48.6. The van der Waals surface area contributed by atoms with Crippen LogP contribution < -0.4 is 4.90 Å². The Bertz CT molecular complexity index is 2330. The largest absolute Gasteiger partial charge is 0.309 e. The topological polar surface area (TPSA) is 3.24 Å². The highest BCUT2D eigenvalue weighted by molar-refractivity contribution is 7.25. The van der Waals surface area contributed by atoms with E-state index in [2.05, 4.69) is 132 Å². The van der Waals surface area contributed by atoms with Crippen LogP contribution in [-0.2, 0) is 5.41 Å². The van der Waals surface area contributed by atoms with Gasteiger partial charge < -0.3 is 4.90 Å². The van der Waals surface area contributed by atoms with Crippen LogP contribution in [0.3, 0.4) is 0 Å². The number of anilines is 3. The first-order chi connectivity index (χ1) is 22.8. The van der Waals surface area contributed by atoms with Gasteiger partial charge in [0.05, 0.1) is 11.4 Å². The number of benzene rings is 6. The number of fused-ring (bicyclic) bond motifs is 7. The Morgan fingerprint density at radius 2 is 1.17 bits per heavy atom. The fraction of sp³-hybridized carbons (Fsp3) is 0.227. The second-order valence-electron chi connectivity index (χ2n) is 14.5. The van der Waals surface area contributed by atoms with E-state index in [9.17, 15) is 0 Å². The molecule has 1 aromatic heterocycles. The lowest BCUT2D eigenvalue weighted by Gasteiger charge is -2.61. The summed E-state index contributed by atoms with van der Waals surface area (Å²) in [5.41, 5.74) is 10.1. The van der Waals surface area contributed by atoms with E-state index < -0.39 is 0 Å². The van der Waals surface area contributed by atoms with Gasteiger partial charge in [-0.25, -0.2) is 0 Å². The smallest absolute Gasteiger partial charge is 0.0543 e. The number of hydrogen-bond donors (Lipinski definition) is 0. The van der Waals surface area contributed by atoms with Crippen molar-refractivity contribution in [1.29, 1.82) is 0 Å². The summed E-state index contributed by atoms with van der Waals surface area (Å²) in [5, 5.41) is 5.26. The fourth-order valence-corrected chi connectivity index (χ4v) is 12.2. The van der Waals surface area contributed by atoms with Crippen molar-refractivity contribution in [3.8, 4) is 11.1 Å². The molecule has 7 aromatic rings. The Morgan fingerprint density at radius 1 is 0.522 bits per heavy atom. The molecule has 222 valence electrons. The molecular weight excluding hydrogens is 575 g/mol. The first-order valence-corrected chi connectivity index (χ1v) is 18.0. The number of hydrogen-bond acceptors (Lipinski definition) is 2. The molecule has 1 heterocycles. The summed E-state index contributed by atoms with van der Waals surface area (Å²) in [5.74, 6) is 3.38. The summed E-state index contributed by atoms with van der Waals surface area (Å²) in [7, 11) is 0. The molecule has 0 aliphatic heterocycles. The van der Waals surface area contributed by atoms with E-state index in [1.807, 2.05) is 11.3 Å². The van der Waals surface area contributed by atoms with E-state index in [-0.39, 0.29) is 5.41 Å². The van der Waals surface area contributed by atoms with Crippen LogP contribution >= 0.6 is 11.3 Å². The Hall–Kier alpha value is -4.40. The molecular formula is C44H35NS. The maximum Gasteiger partial charge on any atom is 0.0543 e. The van der Waals surface area contributed by atoms with Crippen LogP contribution in [0.25, 0.3) is 42.1 Å². The summed E-state index contributed by atoms with van der Waals surface area (Å²) in [4.78, 5) is 2.59. The molecule has 0 saturated heterocycles. The van der Waals surface area contributed by atoms with Crippen molar-refractivity contribution in [2.24, 2.45) is 23.7 Å². The maximum atomic E-state index is 2.59. The van der Waals surface area contributed by atoms with E-state index in [1.165, 1.54) is 91.2 Å². The second kappa shape index (κ2) is 9.33. The quantitative estimate of drug-likeness (QED) is 0.193. The van der Waals surface area contributed by atoms with E-state index in [0.29, 0.717) is 0 Å². The average molecular weight is 610 g/mol. The van der Waals surface area contributed by atoms with Gasteiger partial charge in [0.2, 0.25) is 0 Å². The molecule has 4 fully saturated rings. The van der Waals surface area contributed by atoms with Crippen LogP contribution in [0, 0.1) is 23.7 Å². The zero-order chi connectivity index (χ0) is 30.0. The van der Waals surface area contributed by atoms with Crippen LogP contribution in [-0.4, -0.2) is 0 Å². The van der Waals surface area contributed by atoms with Crippen LogP contribution in [0.4, 0.5) is 17.1 Å². The lowest BCUT2D eigenvalue weighted by molar-refractivity contribution is -0.0399. The molecule has 0 N–H and O–H groups in total. The monoisotopic (exact) mass is 609 g/mol. The average Bonchev–Trinajstić information content (AvgIpc) is 3.61. The van der Waals surface area contributed by atoms with Gasteiger partial charge in [0.1, 0.15) is 0 Å². The minimum Gasteiger partial charge on any atom is -0.309 e. The van der Waals surface area contributed by atoms with E-state index >= 15 is 0 Å². The highest BCUT2D eigenvalue weighted by Crippen LogP contribution is 2.70. The number of rotatable bonds is 3. The summed E-state index contributed by atoms with van der Waals surface area (Å²) < 4.78 is 2.69. The number of thiophene rings is 1. The van der Waals surface area contributed by atoms with Crippen LogP contribution in [0.5, 0.6) is 0 Å². The predicted octanol–water partition coefficient (Wildman–Crippen LogP) is 12.4. The van der Waals surface area contributed by atoms with Crippen LogP contribution in [0.2, 0.25) is 0 Å². The molecule has 5 aliphatic carbocycles. The van der Waals surface area contributed by atoms with Gasteiger partial charge in [0.25, 0.3) is 0 Å². The normalized spacial score (nSPS) is 25.5. The van der Waals surface area contributed by atoms with Crippen molar-refractivity contribution in [1.82, 2.24) is 0 Å². The van der Waals surface area contributed by atoms with E-state index in [0.717, 1.165) is 23.7 Å².